The Bertz CT molecular complexity index is 293. The summed E-state index contributed by atoms with van der Waals surface area (Å²) in [5.41, 5.74) is 0.447. The lowest BCUT2D eigenvalue weighted by Crippen LogP contribution is -1.97. The fourth-order valence-electron chi connectivity index (χ4n) is 0.879. The molecule has 1 rings (SSSR count). The van der Waals surface area contributed by atoms with Crippen molar-refractivity contribution in [3.05, 3.63) is 36.4 Å². The van der Waals surface area contributed by atoms with Crippen LogP contribution in [0.4, 0.5) is 0 Å². The number of aromatic nitrogens is 2. The number of hydrogen-bond donors (Lipinski definition) is 0. The molecule has 0 aliphatic rings. The summed E-state index contributed by atoms with van der Waals surface area (Å²) in [5, 5.41) is 0. The minimum atomic E-state index is -0.0594. The minimum absolute atomic E-state index is 0.0594. The Morgan fingerprint density at radius 1 is 1.62 bits per heavy atom. The maximum atomic E-state index is 11.3. The highest BCUT2D eigenvalue weighted by atomic mass is 16.1. The molecule has 0 aliphatic heterocycles. The fraction of sp³-hybridized carbons (Fsp3) is 0.300. The molecule has 0 aliphatic carbocycles. The molecule has 0 spiro atoms. The van der Waals surface area contributed by atoms with Crippen LogP contribution in [0.3, 0.4) is 0 Å². The van der Waals surface area contributed by atoms with Crippen molar-refractivity contribution in [2.45, 2.75) is 19.8 Å². The molecule has 0 unspecified atom stereocenters. The van der Waals surface area contributed by atoms with E-state index in [1.165, 1.54) is 6.33 Å². The molecule has 0 fully saturated rings. The van der Waals surface area contributed by atoms with Crippen molar-refractivity contribution in [2.75, 3.05) is 0 Å². The van der Waals surface area contributed by atoms with Crippen LogP contribution in [-0.4, -0.2) is 15.8 Å². The Kier molecular flexibility index (Phi) is 3.82. The number of rotatable bonds is 4. The van der Waals surface area contributed by atoms with Crippen molar-refractivity contribution in [3.63, 3.8) is 0 Å². The largest absolute Gasteiger partial charge is 0.288 e. The number of carbonyl (C=O) groups is 1. The molecule has 1 heterocycles. The van der Waals surface area contributed by atoms with Gasteiger partial charge in [-0.3, -0.25) is 4.79 Å². The molecule has 0 N–H and O–H groups in total. The van der Waals surface area contributed by atoms with Crippen LogP contribution >= 0.6 is 0 Å². The zero-order valence-electron chi connectivity index (χ0n) is 7.60. The van der Waals surface area contributed by atoms with E-state index in [0.717, 1.165) is 12.8 Å². The number of unbranched alkanes of at least 4 members (excludes halogenated alkanes) is 1. The topological polar surface area (TPSA) is 42.9 Å². The van der Waals surface area contributed by atoms with Crippen LogP contribution in [-0.2, 0) is 0 Å². The lowest BCUT2D eigenvalue weighted by atomic mass is 10.2. The summed E-state index contributed by atoms with van der Waals surface area (Å²) in [7, 11) is 0. The fourth-order valence-corrected chi connectivity index (χ4v) is 0.879. The third-order valence-electron chi connectivity index (χ3n) is 1.56. The second-order valence-electron chi connectivity index (χ2n) is 2.65. The zero-order chi connectivity index (χ0) is 9.52. The van der Waals surface area contributed by atoms with E-state index in [9.17, 15) is 4.79 Å². The van der Waals surface area contributed by atoms with Gasteiger partial charge in [0.2, 0.25) is 5.78 Å². The number of nitrogens with zero attached hydrogens (tertiary/aromatic N) is 2. The highest BCUT2D eigenvalue weighted by molar-refractivity contribution is 6.02. The number of hydrogen-bond acceptors (Lipinski definition) is 3. The van der Waals surface area contributed by atoms with E-state index in [0.29, 0.717) is 5.69 Å². The van der Waals surface area contributed by atoms with Gasteiger partial charge in [-0.25, -0.2) is 9.97 Å². The Morgan fingerprint density at radius 2 is 2.46 bits per heavy atom. The van der Waals surface area contributed by atoms with Gasteiger partial charge in [0.25, 0.3) is 0 Å². The molecule has 1 aromatic rings. The summed E-state index contributed by atoms with van der Waals surface area (Å²) in [6.45, 7) is 2.07. The van der Waals surface area contributed by atoms with Crippen LogP contribution in [0.2, 0.25) is 0 Å². The van der Waals surface area contributed by atoms with Crippen LogP contribution in [0, 0.1) is 0 Å². The lowest BCUT2D eigenvalue weighted by Gasteiger charge is -1.91. The van der Waals surface area contributed by atoms with E-state index in [2.05, 4.69) is 16.9 Å². The SMILES string of the molecule is CCCC=CC(=O)c1ccncn1. The minimum Gasteiger partial charge on any atom is -0.288 e. The molecule has 1 aromatic heterocycles. The first-order chi connectivity index (χ1) is 6.34. The van der Waals surface area contributed by atoms with E-state index in [1.807, 2.05) is 6.08 Å². The van der Waals surface area contributed by atoms with Crippen LogP contribution < -0.4 is 0 Å². The summed E-state index contributed by atoms with van der Waals surface area (Å²) in [6, 6.07) is 1.61. The van der Waals surface area contributed by atoms with Gasteiger partial charge in [-0.1, -0.05) is 19.4 Å². The first kappa shape index (κ1) is 9.58. The molecule has 68 valence electrons. The van der Waals surface area contributed by atoms with Crippen molar-refractivity contribution in [1.29, 1.82) is 0 Å². The monoisotopic (exact) mass is 176 g/mol. The Labute approximate surface area is 77.5 Å². The van der Waals surface area contributed by atoms with Crippen LogP contribution in [0.15, 0.2) is 30.7 Å². The highest BCUT2D eigenvalue weighted by Gasteiger charge is 2.00. The molecule has 3 nitrogen and oxygen atoms in total. The van der Waals surface area contributed by atoms with Crippen molar-refractivity contribution in [3.8, 4) is 0 Å². The van der Waals surface area contributed by atoms with Crippen LogP contribution in [0.5, 0.6) is 0 Å². The summed E-state index contributed by atoms with van der Waals surface area (Å²) in [6.07, 6.45) is 8.34. The Hall–Kier alpha value is -1.51. The molecular weight excluding hydrogens is 164 g/mol. The summed E-state index contributed by atoms with van der Waals surface area (Å²) in [4.78, 5) is 18.9. The van der Waals surface area contributed by atoms with Crippen molar-refractivity contribution in [2.24, 2.45) is 0 Å². The van der Waals surface area contributed by atoms with Gasteiger partial charge >= 0.3 is 0 Å². The predicted octanol–water partition coefficient (Wildman–Crippen LogP) is 2.02. The molecule has 0 aromatic carbocycles. The van der Waals surface area contributed by atoms with Crippen LogP contribution in [0.25, 0.3) is 0 Å². The predicted molar refractivity (Wildman–Crippen MR) is 50.4 cm³/mol. The highest BCUT2D eigenvalue weighted by Crippen LogP contribution is 1.96. The summed E-state index contributed by atoms with van der Waals surface area (Å²) >= 11 is 0. The third-order valence-corrected chi connectivity index (χ3v) is 1.56. The first-order valence-corrected chi connectivity index (χ1v) is 4.31. The third kappa shape index (κ3) is 3.15. The number of ketones is 1. The average Bonchev–Trinajstić information content (AvgIpc) is 2.19. The van der Waals surface area contributed by atoms with Crippen molar-refractivity contribution >= 4 is 5.78 Å². The smallest absolute Gasteiger partial charge is 0.203 e. The Balaban J connectivity index is 2.59. The maximum absolute atomic E-state index is 11.3. The normalized spacial score (nSPS) is 10.5. The van der Waals surface area contributed by atoms with Gasteiger partial charge in [0.05, 0.1) is 0 Å². The average molecular weight is 176 g/mol. The molecule has 0 amide bonds. The standard InChI is InChI=1S/C10H12N2O/c1-2-3-4-5-10(13)9-6-7-11-8-12-9/h4-8H,2-3H2,1H3. The van der Waals surface area contributed by atoms with Gasteiger partial charge in [0, 0.05) is 6.20 Å². The van der Waals surface area contributed by atoms with Crippen LogP contribution in [0.1, 0.15) is 30.3 Å². The second-order valence-corrected chi connectivity index (χ2v) is 2.65. The van der Waals surface area contributed by atoms with Crippen molar-refractivity contribution < 1.29 is 4.79 Å². The maximum Gasteiger partial charge on any atom is 0.203 e. The summed E-state index contributed by atoms with van der Waals surface area (Å²) < 4.78 is 0. The lowest BCUT2D eigenvalue weighted by molar-refractivity contribution is 0.104. The van der Waals surface area contributed by atoms with Gasteiger partial charge < -0.3 is 0 Å². The van der Waals surface area contributed by atoms with Gasteiger partial charge in [-0.2, -0.15) is 0 Å². The number of carbonyl (C=O) groups excluding carboxylic acids is 1. The van der Waals surface area contributed by atoms with E-state index in [-0.39, 0.29) is 5.78 Å². The molecule has 3 heteroatoms. The molecule has 13 heavy (non-hydrogen) atoms. The second kappa shape index (κ2) is 5.19. The van der Waals surface area contributed by atoms with E-state index in [1.54, 1.807) is 18.3 Å². The van der Waals surface area contributed by atoms with E-state index < -0.39 is 0 Å². The molecule has 0 bridgehead atoms. The van der Waals surface area contributed by atoms with Crippen molar-refractivity contribution in [1.82, 2.24) is 9.97 Å². The van der Waals surface area contributed by atoms with Gasteiger partial charge in [0.15, 0.2) is 0 Å². The quantitative estimate of drug-likeness (QED) is 0.520. The van der Waals surface area contributed by atoms with Gasteiger partial charge in [-0.05, 0) is 18.6 Å². The summed E-state index contributed by atoms with van der Waals surface area (Å²) in [5.74, 6) is -0.0594. The van der Waals surface area contributed by atoms with E-state index in [4.69, 9.17) is 0 Å². The van der Waals surface area contributed by atoms with Gasteiger partial charge in [0.1, 0.15) is 12.0 Å². The zero-order valence-corrected chi connectivity index (χ0v) is 7.60. The molecule has 0 saturated carbocycles. The number of allylic oxidation sites excluding steroid dienone is 2. The molecule has 0 saturated heterocycles. The Morgan fingerprint density at radius 3 is 3.08 bits per heavy atom. The molecule has 0 atom stereocenters. The molecule has 0 radical (unpaired) electrons. The van der Waals surface area contributed by atoms with Gasteiger partial charge in [-0.15, -0.1) is 0 Å². The molecular formula is C10H12N2O. The first-order valence-electron chi connectivity index (χ1n) is 4.31. The van der Waals surface area contributed by atoms with E-state index >= 15 is 0 Å².